The maximum Gasteiger partial charge on any atom is 0.326 e. The number of esters is 1. The molecular formula is C27H34N2O8. The molecule has 0 radical (unpaired) electrons. The van der Waals surface area contributed by atoms with Crippen LogP contribution in [0.15, 0.2) is 24.3 Å². The number of likely N-dealkylation sites (tertiary alicyclic amines) is 1. The Kier molecular flexibility index (Phi) is 6.44. The molecule has 0 saturated carbocycles. The Morgan fingerprint density at radius 2 is 2.03 bits per heavy atom. The lowest BCUT2D eigenvalue weighted by atomic mass is 9.53. The van der Waals surface area contributed by atoms with Gasteiger partial charge in [-0.25, -0.2) is 4.79 Å². The van der Waals surface area contributed by atoms with Crippen molar-refractivity contribution >= 4 is 17.8 Å². The number of carbonyl (C=O) groups is 3. The van der Waals surface area contributed by atoms with Crippen LogP contribution >= 0.6 is 0 Å². The number of carbonyl (C=O) groups excluding carboxylic acids is 2. The van der Waals surface area contributed by atoms with Gasteiger partial charge in [-0.05, 0) is 50.1 Å². The zero-order chi connectivity index (χ0) is 26.6. The van der Waals surface area contributed by atoms with E-state index in [4.69, 9.17) is 14.2 Å². The molecule has 1 aromatic rings. The monoisotopic (exact) mass is 514 g/mol. The molecule has 2 aliphatic heterocycles. The first-order chi connectivity index (χ1) is 17.6. The Bertz CT molecular complexity index is 1150. The second-order valence-electron chi connectivity index (χ2n) is 10.9. The van der Waals surface area contributed by atoms with Crippen LogP contribution < -0.4 is 14.8 Å². The molecular weight excluding hydrogens is 480 g/mol. The topological polar surface area (TPSA) is 135 Å². The number of piperidine rings is 1. The Morgan fingerprint density at radius 3 is 2.70 bits per heavy atom. The number of likely N-dealkylation sites (N-methyl/N-ethyl adjacent to an activating group) is 1. The fourth-order valence-electron chi connectivity index (χ4n) is 6.68. The summed E-state index contributed by atoms with van der Waals surface area (Å²) in [6.07, 6.45) is 2.20. The van der Waals surface area contributed by atoms with E-state index in [1.807, 2.05) is 12.1 Å². The van der Waals surface area contributed by atoms with Crippen molar-refractivity contribution in [2.45, 2.75) is 68.9 Å². The third-order valence-electron chi connectivity index (χ3n) is 8.50. The van der Waals surface area contributed by atoms with Crippen LogP contribution in [0.2, 0.25) is 0 Å². The van der Waals surface area contributed by atoms with Gasteiger partial charge in [0, 0.05) is 22.9 Å². The maximum absolute atomic E-state index is 12.8. The van der Waals surface area contributed by atoms with Crippen LogP contribution in [0, 0.1) is 11.8 Å². The number of carboxylic acid groups (broad SMARTS) is 1. The van der Waals surface area contributed by atoms with Gasteiger partial charge in [0.15, 0.2) is 17.6 Å². The molecule has 2 aliphatic carbocycles. The summed E-state index contributed by atoms with van der Waals surface area (Å²) in [6.45, 7) is 4.16. The van der Waals surface area contributed by atoms with E-state index in [1.54, 1.807) is 21.0 Å². The average molecular weight is 515 g/mol. The largest absolute Gasteiger partial charge is 0.493 e. The lowest BCUT2D eigenvalue weighted by Gasteiger charge is -2.56. The first-order valence-electron chi connectivity index (χ1n) is 12.7. The van der Waals surface area contributed by atoms with Gasteiger partial charge in [0.05, 0.1) is 13.5 Å². The lowest BCUT2D eigenvalue weighted by molar-refractivity contribution is -0.159. The van der Waals surface area contributed by atoms with Crippen molar-refractivity contribution in [1.82, 2.24) is 10.2 Å². The molecule has 1 spiro atoms. The molecule has 2 bridgehead atoms. The number of aliphatic hydroxyl groups is 1. The van der Waals surface area contributed by atoms with Crippen LogP contribution in [0.25, 0.3) is 0 Å². The van der Waals surface area contributed by atoms with Crippen LogP contribution in [0.1, 0.15) is 37.8 Å². The minimum absolute atomic E-state index is 0.187. The van der Waals surface area contributed by atoms with E-state index < -0.39 is 54.5 Å². The molecule has 1 saturated heterocycles. The zero-order valence-corrected chi connectivity index (χ0v) is 21.5. The van der Waals surface area contributed by atoms with Crippen LogP contribution in [0.4, 0.5) is 0 Å². The van der Waals surface area contributed by atoms with Crippen molar-refractivity contribution in [1.29, 1.82) is 0 Å². The highest BCUT2D eigenvalue weighted by molar-refractivity contribution is 5.89. The van der Waals surface area contributed by atoms with Gasteiger partial charge < -0.3 is 34.6 Å². The molecule has 3 N–H and O–H groups in total. The predicted octanol–water partition coefficient (Wildman–Crippen LogP) is 1.03. The van der Waals surface area contributed by atoms with Crippen molar-refractivity contribution in [2.75, 3.05) is 20.7 Å². The number of ether oxygens (including phenoxy) is 3. The summed E-state index contributed by atoms with van der Waals surface area (Å²) < 4.78 is 17.9. The number of aliphatic carboxylic acids is 1. The summed E-state index contributed by atoms with van der Waals surface area (Å²) in [4.78, 5) is 39.0. The molecule has 200 valence electrons. The Labute approximate surface area is 215 Å². The third-order valence-corrected chi connectivity index (χ3v) is 8.50. The highest BCUT2D eigenvalue weighted by Gasteiger charge is 2.65. The van der Waals surface area contributed by atoms with Crippen molar-refractivity contribution in [3.8, 4) is 11.5 Å². The van der Waals surface area contributed by atoms with Gasteiger partial charge in [-0.15, -0.1) is 0 Å². The second kappa shape index (κ2) is 9.33. The van der Waals surface area contributed by atoms with Crippen LogP contribution in [0.5, 0.6) is 11.5 Å². The smallest absolute Gasteiger partial charge is 0.326 e. The fraction of sp³-hybridized carbons (Fsp3) is 0.593. The van der Waals surface area contributed by atoms with E-state index in [-0.39, 0.29) is 11.3 Å². The van der Waals surface area contributed by atoms with Crippen molar-refractivity contribution in [3.63, 3.8) is 0 Å². The molecule has 0 aromatic heterocycles. The van der Waals surface area contributed by atoms with Crippen molar-refractivity contribution in [3.05, 3.63) is 35.4 Å². The highest BCUT2D eigenvalue weighted by Crippen LogP contribution is 2.62. The SMILES string of the molecule is COc1ccc2c3c1O[C@H]1[C@@H](OC(=O)CC(O)C(=O)NC(C(=O)O)C(C)C)C=CC4C(C2)N(C)CCC341. The van der Waals surface area contributed by atoms with Gasteiger partial charge in [-0.1, -0.05) is 26.0 Å². The molecule has 1 amide bonds. The molecule has 4 aliphatic rings. The summed E-state index contributed by atoms with van der Waals surface area (Å²) in [5.74, 6) is -1.76. The van der Waals surface area contributed by atoms with Gasteiger partial charge in [-0.3, -0.25) is 9.59 Å². The lowest BCUT2D eigenvalue weighted by Crippen LogP contribution is -2.65. The minimum Gasteiger partial charge on any atom is -0.493 e. The van der Waals surface area contributed by atoms with E-state index in [0.29, 0.717) is 17.5 Å². The molecule has 10 nitrogen and oxygen atoms in total. The quantitative estimate of drug-likeness (QED) is 0.343. The second-order valence-corrected chi connectivity index (χ2v) is 10.9. The van der Waals surface area contributed by atoms with Gasteiger partial charge >= 0.3 is 11.9 Å². The zero-order valence-electron chi connectivity index (χ0n) is 21.5. The first-order valence-corrected chi connectivity index (χ1v) is 12.7. The molecule has 37 heavy (non-hydrogen) atoms. The highest BCUT2D eigenvalue weighted by atomic mass is 16.6. The molecule has 10 heteroatoms. The average Bonchev–Trinajstić information content (AvgIpc) is 3.20. The molecule has 5 rings (SSSR count). The Morgan fingerprint density at radius 1 is 1.27 bits per heavy atom. The fourth-order valence-corrected chi connectivity index (χ4v) is 6.68. The number of aliphatic hydroxyl groups excluding tert-OH is 1. The van der Waals surface area contributed by atoms with E-state index >= 15 is 0 Å². The van der Waals surface area contributed by atoms with E-state index in [9.17, 15) is 24.6 Å². The van der Waals surface area contributed by atoms with Crippen LogP contribution in [-0.2, 0) is 31.0 Å². The summed E-state index contributed by atoms with van der Waals surface area (Å²) in [5, 5.41) is 21.9. The van der Waals surface area contributed by atoms with E-state index in [0.717, 1.165) is 24.9 Å². The summed E-state index contributed by atoms with van der Waals surface area (Å²) in [6, 6.07) is 3.15. The number of hydrogen-bond acceptors (Lipinski definition) is 8. The standard InChI is InChI=1S/C27H34N2O8/c1-13(2)22(26(33)34)28-25(32)17(30)12-20(31)36-19-8-6-15-16-11-14-5-7-18(35-4)23-21(14)27(15,24(19)37-23)9-10-29(16)3/h5-8,13,15-17,19,22,24,30H,9-12H2,1-4H3,(H,28,32)(H,33,34)/t15?,16?,17?,19-,22?,24-,27?/m0/s1. The van der Waals surface area contributed by atoms with Crippen molar-refractivity contribution in [2.24, 2.45) is 11.8 Å². The summed E-state index contributed by atoms with van der Waals surface area (Å²) in [7, 11) is 3.74. The predicted molar refractivity (Wildman–Crippen MR) is 131 cm³/mol. The number of rotatable bonds is 8. The van der Waals surface area contributed by atoms with Gasteiger partial charge in [-0.2, -0.15) is 0 Å². The number of methoxy groups -OCH3 is 1. The maximum atomic E-state index is 12.8. The van der Waals surface area contributed by atoms with E-state index in [1.165, 1.54) is 5.56 Å². The minimum atomic E-state index is -1.73. The summed E-state index contributed by atoms with van der Waals surface area (Å²) in [5.41, 5.74) is 2.00. The van der Waals surface area contributed by atoms with E-state index in [2.05, 4.69) is 29.4 Å². The van der Waals surface area contributed by atoms with Crippen LogP contribution in [0.3, 0.4) is 0 Å². The normalized spacial score (nSPS) is 30.6. The van der Waals surface area contributed by atoms with Gasteiger partial charge in [0.1, 0.15) is 18.2 Å². The Balaban J connectivity index is 1.36. The number of hydrogen-bond donors (Lipinski definition) is 3. The molecule has 1 aromatic carbocycles. The van der Waals surface area contributed by atoms with Gasteiger partial charge in [0.25, 0.3) is 0 Å². The van der Waals surface area contributed by atoms with Crippen LogP contribution in [-0.4, -0.2) is 84.1 Å². The molecule has 7 atom stereocenters. The molecule has 1 fully saturated rings. The first kappa shape index (κ1) is 25.5. The number of benzene rings is 1. The third kappa shape index (κ3) is 3.97. The van der Waals surface area contributed by atoms with Crippen molar-refractivity contribution < 1.29 is 38.8 Å². The number of nitrogens with one attached hydrogen (secondary N) is 1. The summed E-state index contributed by atoms with van der Waals surface area (Å²) >= 11 is 0. The molecule has 5 unspecified atom stereocenters. The number of amides is 1. The molecule has 2 heterocycles. The Hall–Kier alpha value is -3.11. The number of nitrogens with zero attached hydrogens (tertiary/aromatic N) is 1. The van der Waals surface area contributed by atoms with Gasteiger partial charge in [0.2, 0.25) is 5.91 Å². The number of carboxylic acids is 1.